The summed E-state index contributed by atoms with van der Waals surface area (Å²) in [5, 5.41) is 8.23. The summed E-state index contributed by atoms with van der Waals surface area (Å²) in [4.78, 5) is 0. The predicted octanol–water partition coefficient (Wildman–Crippen LogP) is 0.928. The van der Waals surface area contributed by atoms with Crippen molar-refractivity contribution in [1.82, 2.24) is 0 Å². The van der Waals surface area contributed by atoms with Crippen LogP contribution in [0.25, 0.3) is 0 Å². The zero-order valence-corrected chi connectivity index (χ0v) is 4.98. The second-order valence-electron chi connectivity index (χ2n) is 1.16. The minimum atomic E-state index is -1.13. The Kier molecular flexibility index (Phi) is 4.50. The molecule has 7 heavy (non-hydrogen) atoms. The standard InChI is InChI=1S/C4H9ClO2/c1-2-3-7-4(5)6/h4,6H,2-3H2,1H3. The molecule has 0 aliphatic heterocycles. The van der Waals surface area contributed by atoms with Crippen LogP contribution in [0.15, 0.2) is 0 Å². The summed E-state index contributed by atoms with van der Waals surface area (Å²) < 4.78 is 4.51. The van der Waals surface area contributed by atoms with E-state index in [1.807, 2.05) is 6.92 Å². The van der Waals surface area contributed by atoms with E-state index < -0.39 is 5.75 Å². The molecule has 0 bridgehead atoms. The quantitative estimate of drug-likeness (QED) is 0.448. The molecule has 0 rings (SSSR count). The molecule has 0 amide bonds. The van der Waals surface area contributed by atoms with Gasteiger partial charge in [-0.15, -0.1) is 0 Å². The van der Waals surface area contributed by atoms with Gasteiger partial charge in [-0.25, -0.2) is 0 Å². The zero-order valence-electron chi connectivity index (χ0n) is 4.22. The van der Waals surface area contributed by atoms with Crippen LogP contribution in [-0.4, -0.2) is 17.5 Å². The maximum Gasteiger partial charge on any atom is 0.234 e. The first-order valence-corrected chi connectivity index (χ1v) is 2.64. The van der Waals surface area contributed by atoms with Crippen LogP contribution in [-0.2, 0) is 4.74 Å². The number of rotatable bonds is 3. The highest BCUT2D eigenvalue weighted by molar-refractivity contribution is 6.18. The van der Waals surface area contributed by atoms with Crippen LogP contribution < -0.4 is 0 Å². The van der Waals surface area contributed by atoms with Crippen LogP contribution in [0, 0.1) is 0 Å². The van der Waals surface area contributed by atoms with Gasteiger partial charge in [0.25, 0.3) is 0 Å². The topological polar surface area (TPSA) is 29.5 Å². The van der Waals surface area contributed by atoms with Crippen LogP contribution >= 0.6 is 11.6 Å². The smallest absolute Gasteiger partial charge is 0.234 e. The highest BCUT2D eigenvalue weighted by Gasteiger charge is 1.91. The van der Waals surface area contributed by atoms with Crippen LogP contribution in [0.5, 0.6) is 0 Å². The van der Waals surface area contributed by atoms with Gasteiger partial charge in [-0.3, -0.25) is 0 Å². The molecular formula is C4H9ClO2. The van der Waals surface area contributed by atoms with Crippen molar-refractivity contribution in [2.24, 2.45) is 0 Å². The Balaban J connectivity index is 2.68. The number of ether oxygens (including phenoxy) is 1. The number of aliphatic hydroxyl groups is 1. The van der Waals surface area contributed by atoms with E-state index in [0.29, 0.717) is 6.61 Å². The van der Waals surface area contributed by atoms with E-state index in [2.05, 4.69) is 4.74 Å². The van der Waals surface area contributed by atoms with Crippen LogP contribution in [0.3, 0.4) is 0 Å². The van der Waals surface area contributed by atoms with E-state index in [4.69, 9.17) is 16.7 Å². The minimum absolute atomic E-state index is 0.519. The van der Waals surface area contributed by atoms with E-state index in [1.165, 1.54) is 0 Å². The fourth-order valence-electron chi connectivity index (χ4n) is 0.215. The van der Waals surface area contributed by atoms with Gasteiger partial charge in [0.05, 0.1) is 6.61 Å². The molecular weight excluding hydrogens is 115 g/mol. The van der Waals surface area contributed by atoms with E-state index in [-0.39, 0.29) is 0 Å². The van der Waals surface area contributed by atoms with E-state index in [0.717, 1.165) is 6.42 Å². The summed E-state index contributed by atoms with van der Waals surface area (Å²) in [6.45, 7) is 2.46. The molecule has 1 unspecified atom stereocenters. The lowest BCUT2D eigenvalue weighted by Crippen LogP contribution is -2.02. The molecule has 1 atom stereocenters. The fourth-order valence-corrected chi connectivity index (χ4v) is 0.304. The van der Waals surface area contributed by atoms with Crippen molar-refractivity contribution in [2.45, 2.75) is 19.1 Å². The average molecular weight is 125 g/mol. The fraction of sp³-hybridized carbons (Fsp3) is 1.00. The molecule has 0 spiro atoms. The zero-order chi connectivity index (χ0) is 5.70. The molecule has 0 aliphatic rings. The van der Waals surface area contributed by atoms with Crippen molar-refractivity contribution in [1.29, 1.82) is 0 Å². The molecule has 0 saturated heterocycles. The average Bonchev–Trinajstić information content (AvgIpc) is 1.61. The Morgan fingerprint density at radius 3 is 2.57 bits per heavy atom. The first-order valence-electron chi connectivity index (χ1n) is 2.21. The highest BCUT2D eigenvalue weighted by atomic mass is 35.5. The van der Waals surface area contributed by atoms with Gasteiger partial charge in [0.1, 0.15) is 0 Å². The van der Waals surface area contributed by atoms with Crippen LogP contribution in [0.1, 0.15) is 13.3 Å². The molecule has 0 aromatic carbocycles. The number of alkyl halides is 1. The Bertz CT molecular complexity index is 38.7. The summed E-state index contributed by atoms with van der Waals surface area (Å²) in [5.41, 5.74) is 0. The third-order valence-corrected chi connectivity index (χ3v) is 0.585. The number of halogens is 1. The Morgan fingerprint density at radius 2 is 2.43 bits per heavy atom. The van der Waals surface area contributed by atoms with Crippen molar-refractivity contribution in [3.63, 3.8) is 0 Å². The summed E-state index contributed by atoms with van der Waals surface area (Å²) in [6, 6.07) is 0. The van der Waals surface area contributed by atoms with E-state index in [1.54, 1.807) is 0 Å². The molecule has 3 heteroatoms. The van der Waals surface area contributed by atoms with Gasteiger partial charge in [-0.2, -0.15) is 0 Å². The molecule has 0 aliphatic carbocycles. The number of hydrogen-bond acceptors (Lipinski definition) is 2. The lowest BCUT2D eigenvalue weighted by atomic mass is 10.5. The third-order valence-electron chi connectivity index (χ3n) is 0.460. The van der Waals surface area contributed by atoms with Crippen LogP contribution in [0.2, 0.25) is 0 Å². The van der Waals surface area contributed by atoms with E-state index >= 15 is 0 Å². The van der Waals surface area contributed by atoms with Gasteiger partial charge < -0.3 is 9.84 Å². The lowest BCUT2D eigenvalue weighted by molar-refractivity contribution is -0.0379. The van der Waals surface area contributed by atoms with Crippen molar-refractivity contribution in [3.8, 4) is 0 Å². The molecule has 0 aromatic rings. The van der Waals surface area contributed by atoms with Crippen molar-refractivity contribution in [2.75, 3.05) is 6.61 Å². The summed E-state index contributed by atoms with van der Waals surface area (Å²) >= 11 is 4.99. The summed E-state index contributed by atoms with van der Waals surface area (Å²) in [6.07, 6.45) is 0.879. The highest BCUT2D eigenvalue weighted by Crippen LogP contribution is 1.91. The molecule has 0 radical (unpaired) electrons. The van der Waals surface area contributed by atoms with Gasteiger partial charge in [0.2, 0.25) is 5.75 Å². The summed E-state index contributed by atoms with van der Waals surface area (Å²) in [5.74, 6) is -1.13. The van der Waals surface area contributed by atoms with Gasteiger partial charge in [0, 0.05) is 0 Å². The lowest BCUT2D eigenvalue weighted by Gasteiger charge is -1.99. The predicted molar refractivity (Wildman–Crippen MR) is 28.1 cm³/mol. The van der Waals surface area contributed by atoms with Gasteiger partial charge in [0.15, 0.2) is 0 Å². The first-order chi connectivity index (χ1) is 3.27. The number of hydrogen-bond donors (Lipinski definition) is 1. The molecule has 1 N–H and O–H groups in total. The molecule has 0 saturated carbocycles. The molecule has 2 nitrogen and oxygen atoms in total. The van der Waals surface area contributed by atoms with Gasteiger partial charge in [-0.1, -0.05) is 18.5 Å². The Morgan fingerprint density at radius 1 is 1.86 bits per heavy atom. The van der Waals surface area contributed by atoms with Crippen molar-refractivity contribution < 1.29 is 9.84 Å². The van der Waals surface area contributed by atoms with Crippen molar-refractivity contribution in [3.05, 3.63) is 0 Å². The normalized spacial score (nSPS) is 14.1. The second kappa shape index (κ2) is 4.37. The minimum Gasteiger partial charge on any atom is -0.356 e. The monoisotopic (exact) mass is 124 g/mol. The SMILES string of the molecule is CCCOC(O)Cl. The maximum absolute atomic E-state index is 8.23. The van der Waals surface area contributed by atoms with E-state index in [9.17, 15) is 0 Å². The molecule has 0 heterocycles. The third kappa shape index (κ3) is 6.21. The number of aliphatic hydroxyl groups excluding tert-OH is 1. The van der Waals surface area contributed by atoms with Crippen molar-refractivity contribution >= 4 is 11.6 Å². The molecule has 44 valence electrons. The van der Waals surface area contributed by atoms with Gasteiger partial charge in [-0.05, 0) is 6.42 Å². The van der Waals surface area contributed by atoms with Crippen LogP contribution in [0.4, 0.5) is 0 Å². The van der Waals surface area contributed by atoms with Gasteiger partial charge >= 0.3 is 0 Å². The largest absolute Gasteiger partial charge is 0.356 e. The first kappa shape index (κ1) is 7.21. The maximum atomic E-state index is 8.23. The second-order valence-corrected chi connectivity index (χ2v) is 1.54. The Hall–Kier alpha value is 0.210. The Labute approximate surface area is 48.0 Å². The molecule has 0 aromatic heterocycles. The summed E-state index contributed by atoms with van der Waals surface area (Å²) in [7, 11) is 0. The molecule has 0 fully saturated rings.